The van der Waals surface area contributed by atoms with E-state index in [0.29, 0.717) is 0 Å². The van der Waals surface area contributed by atoms with Crippen molar-refractivity contribution < 1.29 is 4.74 Å². The maximum Gasteiger partial charge on any atom is 0.194 e. The fraction of sp³-hybridized carbons (Fsp3) is 0.455. The molecule has 29 heavy (non-hydrogen) atoms. The van der Waals surface area contributed by atoms with Crippen LogP contribution in [0.4, 0.5) is 5.69 Å². The second-order valence-electron chi connectivity index (χ2n) is 6.96. The Hall–Kier alpha value is -2.03. The summed E-state index contributed by atoms with van der Waals surface area (Å²) in [7, 11) is 1.71. The van der Waals surface area contributed by atoms with Crippen molar-refractivity contribution in [1.29, 1.82) is 0 Å². The van der Waals surface area contributed by atoms with Crippen molar-refractivity contribution in [3.8, 4) is 5.75 Å². The maximum absolute atomic E-state index is 5.36. The first-order valence-corrected chi connectivity index (χ1v) is 10.0. The zero-order valence-corrected chi connectivity index (χ0v) is 19.9. The van der Waals surface area contributed by atoms with Gasteiger partial charge in [0, 0.05) is 63.4 Å². The van der Waals surface area contributed by atoms with Crippen LogP contribution >= 0.6 is 24.0 Å². The molecule has 0 aliphatic carbocycles. The summed E-state index contributed by atoms with van der Waals surface area (Å²) in [6, 6.07) is 10.4. The molecule has 1 fully saturated rings. The Balaban J connectivity index is 0.00000300. The number of aromatic nitrogens is 1. The molecule has 1 aliphatic rings. The monoisotopic (exact) mass is 509 g/mol. The van der Waals surface area contributed by atoms with E-state index in [1.165, 1.54) is 16.8 Å². The van der Waals surface area contributed by atoms with Crippen LogP contribution in [-0.4, -0.2) is 62.2 Å². The molecular weight excluding hydrogens is 477 g/mol. The summed E-state index contributed by atoms with van der Waals surface area (Å²) in [6.45, 7) is 9.74. The molecule has 0 spiro atoms. The van der Waals surface area contributed by atoms with E-state index in [2.05, 4.69) is 52.1 Å². The van der Waals surface area contributed by atoms with Gasteiger partial charge in [0.05, 0.1) is 7.11 Å². The highest BCUT2D eigenvalue weighted by molar-refractivity contribution is 14.0. The normalized spacial score (nSPS) is 14.4. The number of methoxy groups -OCH3 is 1. The summed E-state index contributed by atoms with van der Waals surface area (Å²) in [5.74, 6) is 1.92. The number of benzene rings is 1. The van der Waals surface area contributed by atoms with E-state index in [1.807, 2.05) is 24.5 Å². The zero-order chi connectivity index (χ0) is 19.8. The number of pyridine rings is 1. The van der Waals surface area contributed by atoms with Crippen LogP contribution in [0.25, 0.3) is 0 Å². The van der Waals surface area contributed by atoms with Gasteiger partial charge in [-0.2, -0.15) is 0 Å². The van der Waals surface area contributed by atoms with Gasteiger partial charge >= 0.3 is 0 Å². The minimum absolute atomic E-state index is 0. The molecule has 0 unspecified atom stereocenters. The summed E-state index contributed by atoms with van der Waals surface area (Å²) in [4.78, 5) is 13.8. The first-order chi connectivity index (χ1) is 13.7. The Kier molecular flexibility index (Phi) is 9.50. The third-order valence-corrected chi connectivity index (χ3v) is 5.11. The van der Waals surface area contributed by atoms with Crippen LogP contribution in [0.1, 0.15) is 18.1 Å². The molecule has 6 nitrogen and oxygen atoms in total. The van der Waals surface area contributed by atoms with Gasteiger partial charge in [-0.3, -0.25) is 9.98 Å². The van der Waals surface area contributed by atoms with Crippen LogP contribution in [-0.2, 0) is 6.42 Å². The van der Waals surface area contributed by atoms with Gasteiger partial charge in [0.1, 0.15) is 5.75 Å². The molecule has 0 bridgehead atoms. The lowest BCUT2D eigenvalue weighted by Gasteiger charge is -2.37. The molecule has 1 saturated heterocycles. The number of rotatable bonds is 6. The third kappa shape index (κ3) is 6.48. The quantitative estimate of drug-likeness (QED) is 0.368. The van der Waals surface area contributed by atoms with Gasteiger partial charge in [0.25, 0.3) is 0 Å². The van der Waals surface area contributed by atoms with E-state index in [0.717, 1.165) is 57.4 Å². The number of guanidine groups is 1. The highest BCUT2D eigenvalue weighted by atomic mass is 127. The number of anilines is 1. The lowest BCUT2D eigenvalue weighted by atomic mass is 10.1. The van der Waals surface area contributed by atoms with E-state index in [-0.39, 0.29) is 24.0 Å². The van der Waals surface area contributed by atoms with E-state index in [4.69, 9.17) is 9.73 Å². The van der Waals surface area contributed by atoms with Gasteiger partial charge in [-0.25, -0.2) is 0 Å². The molecule has 2 heterocycles. The Bertz CT molecular complexity index is 790. The Morgan fingerprint density at radius 2 is 2.00 bits per heavy atom. The summed E-state index contributed by atoms with van der Waals surface area (Å²) in [5.41, 5.74) is 3.76. The van der Waals surface area contributed by atoms with E-state index >= 15 is 0 Å². The van der Waals surface area contributed by atoms with Crippen molar-refractivity contribution in [3.05, 3.63) is 53.9 Å². The molecule has 1 aromatic heterocycles. The molecule has 0 amide bonds. The maximum atomic E-state index is 5.36. The second-order valence-corrected chi connectivity index (χ2v) is 6.96. The largest absolute Gasteiger partial charge is 0.497 e. The molecule has 1 aromatic carbocycles. The number of hydrogen-bond acceptors (Lipinski definition) is 4. The molecule has 7 heteroatoms. The molecule has 0 atom stereocenters. The van der Waals surface area contributed by atoms with Crippen LogP contribution in [0.3, 0.4) is 0 Å². The third-order valence-electron chi connectivity index (χ3n) is 5.11. The lowest BCUT2D eigenvalue weighted by molar-refractivity contribution is 0.372. The standard InChI is InChI=1S/C22H31N5O.HI/c1-4-24-22(25-11-9-19-8-10-23-17-18(19)2)27-14-12-26(13-15-27)20-6-5-7-21(16-20)28-3;/h5-8,10,16-17H,4,9,11-15H2,1-3H3,(H,24,25);1H. The summed E-state index contributed by atoms with van der Waals surface area (Å²) >= 11 is 0. The van der Waals surface area contributed by atoms with Crippen LogP contribution < -0.4 is 15.0 Å². The molecule has 1 aliphatic heterocycles. The topological polar surface area (TPSA) is 53.0 Å². The number of halogens is 1. The van der Waals surface area contributed by atoms with Crippen molar-refractivity contribution in [2.24, 2.45) is 4.99 Å². The molecule has 0 radical (unpaired) electrons. The van der Waals surface area contributed by atoms with Crippen molar-refractivity contribution >= 4 is 35.6 Å². The predicted octanol–water partition coefficient (Wildman–Crippen LogP) is 3.35. The van der Waals surface area contributed by atoms with Crippen LogP contribution in [0.15, 0.2) is 47.7 Å². The average molecular weight is 509 g/mol. The van der Waals surface area contributed by atoms with Crippen molar-refractivity contribution in [2.75, 3.05) is 51.3 Å². The Morgan fingerprint density at radius 3 is 2.69 bits per heavy atom. The van der Waals surface area contributed by atoms with Crippen molar-refractivity contribution in [2.45, 2.75) is 20.3 Å². The lowest BCUT2D eigenvalue weighted by Crippen LogP contribution is -2.52. The highest BCUT2D eigenvalue weighted by Gasteiger charge is 2.20. The minimum Gasteiger partial charge on any atom is -0.497 e. The smallest absolute Gasteiger partial charge is 0.194 e. The SMILES string of the molecule is CCNC(=NCCc1ccncc1C)N1CCN(c2cccc(OC)c2)CC1.I. The summed E-state index contributed by atoms with van der Waals surface area (Å²) < 4.78 is 5.36. The molecular formula is C22H32IN5O. The van der Waals surface area contributed by atoms with Gasteiger partial charge in [-0.15, -0.1) is 24.0 Å². The van der Waals surface area contributed by atoms with Gasteiger partial charge < -0.3 is 19.9 Å². The van der Waals surface area contributed by atoms with Crippen LogP contribution in [0.2, 0.25) is 0 Å². The molecule has 2 aromatic rings. The summed E-state index contributed by atoms with van der Waals surface area (Å²) in [6.07, 6.45) is 4.71. The van der Waals surface area contributed by atoms with Crippen LogP contribution in [0.5, 0.6) is 5.75 Å². The number of ether oxygens (including phenoxy) is 1. The van der Waals surface area contributed by atoms with E-state index in [9.17, 15) is 0 Å². The van der Waals surface area contributed by atoms with Gasteiger partial charge in [0.15, 0.2) is 5.96 Å². The van der Waals surface area contributed by atoms with Gasteiger partial charge in [-0.05, 0) is 49.6 Å². The average Bonchev–Trinajstić information content (AvgIpc) is 2.74. The fourth-order valence-corrected chi connectivity index (χ4v) is 3.47. The number of hydrogen-bond donors (Lipinski definition) is 1. The Labute approximate surface area is 191 Å². The van der Waals surface area contributed by atoms with Gasteiger partial charge in [-0.1, -0.05) is 6.07 Å². The number of aryl methyl sites for hydroxylation is 1. The number of piperazine rings is 1. The van der Waals surface area contributed by atoms with E-state index in [1.54, 1.807) is 7.11 Å². The molecule has 3 rings (SSSR count). The molecule has 158 valence electrons. The Morgan fingerprint density at radius 1 is 1.21 bits per heavy atom. The van der Waals surface area contributed by atoms with Crippen LogP contribution in [0, 0.1) is 6.92 Å². The van der Waals surface area contributed by atoms with Crippen molar-refractivity contribution in [1.82, 2.24) is 15.2 Å². The fourth-order valence-electron chi connectivity index (χ4n) is 3.47. The zero-order valence-electron chi connectivity index (χ0n) is 17.6. The number of nitrogens with one attached hydrogen (secondary N) is 1. The number of aliphatic imine (C=N–C) groups is 1. The number of nitrogens with zero attached hydrogens (tertiary/aromatic N) is 4. The van der Waals surface area contributed by atoms with Gasteiger partial charge in [0.2, 0.25) is 0 Å². The van der Waals surface area contributed by atoms with Crippen molar-refractivity contribution in [3.63, 3.8) is 0 Å². The molecule has 1 N–H and O–H groups in total. The summed E-state index contributed by atoms with van der Waals surface area (Å²) in [5, 5.41) is 3.45. The molecule has 0 saturated carbocycles. The first-order valence-electron chi connectivity index (χ1n) is 10.0. The predicted molar refractivity (Wildman–Crippen MR) is 131 cm³/mol. The highest BCUT2D eigenvalue weighted by Crippen LogP contribution is 2.22. The van der Waals surface area contributed by atoms with E-state index < -0.39 is 0 Å². The first kappa shape index (κ1) is 23.3. The second kappa shape index (κ2) is 11.8. The minimum atomic E-state index is 0.